The lowest BCUT2D eigenvalue weighted by Gasteiger charge is -2.22. The normalized spacial score (nSPS) is 17.4. The fourth-order valence-corrected chi connectivity index (χ4v) is 3.69. The van der Waals surface area contributed by atoms with E-state index in [9.17, 15) is 9.59 Å². The Morgan fingerprint density at radius 1 is 1.33 bits per heavy atom. The van der Waals surface area contributed by atoms with Gasteiger partial charge in [-0.05, 0) is 31.2 Å². The lowest BCUT2D eigenvalue weighted by molar-refractivity contribution is -0.119. The Morgan fingerprint density at radius 3 is 2.78 bits per heavy atom. The quantitative estimate of drug-likeness (QED) is 0.682. The molecule has 9 heteroatoms. The molecule has 0 aliphatic carbocycles. The molecule has 1 aliphatic heterocycles. The van der Waals surface area contributed by atoms with Gasteiger partial charge < -0.3 is 16.0 Å². The maximum absolute atomic E-state index is 12.3. The minimum absolute atomic E-state index is 0. The molecule has 7 nitrogen and oxygen atoms in total. The number of halogens is 1. The van der Waals surface area contributed by atoms with Crippen molar-refractivity contribution in [3.05, 3.63) is 42.7 Å². The zero-order chi connectivity index (χ0) is 18.4. The molecule has 146 valence electrons. The standard InChI is InChI=1S/C18H23N5O2S.ClH/c1-13(23-8-3-6-20-23)18(25)22-15-5-2-4-14(10-15)21-17(24)11-16-12-26-9-7-19-16;/h2-6,8,10,13,16,19H,7,9,11-12H2,1H3,(H,21,24)(H,22,25);1H. The van der Waals surface area contributed by atoms with Gasteiger partial charge >= 0.3 is 0 Å². The van der Waals surface area contributed by atoms with Crippen LogP contribution in [0, 0.1) is 0 Å². The molecule has 3 rings (SSSR count). The topological polar surface area (TPSA) is 88.0 Å². The first-order valence-corrected chi connectivity index (χ1v) is 9.78. The van der Waals surface area contributed by atoms with Gasteiger partial charge in [0, 0.05) is 54.3 Å². The van der Waals surface area contributed by atoms with Gasteiger partial charge in [0.15, 0.2) is 0 Å². The number of carbonyl (C=O) groups is 2. The van der Waals surface area contributed by atoms with Crippen LogP contribution in [-0.2, 0) is 9.59 Å². The smallest absolute Gasteiger partial charge is 0.248 e. The van der Waals surface area contributed by atoms with E-state index >= 15 is 0 Å². The van der Waals surface area contributed by atoms with Crippen LogP contribution in [0.4, 0.5) is 11.4 Å². The van der Waals surface area contributed by atoms with Gasteiger partial charge in [0.1, 0.15) is 6.04 Å². The maximum atomic E-state index is 12.3. The highest BCUT2D eigenvalue weighted by Crippen LogP contribution is 2.18. The van der Waals surface area contributed by atoms with Crippen LogP contribution in [0.25, 0.3) is 0 Å². The minimum Gasteiger partial charge on any atom is -0.326 e. The Bertz CT molecular complexity index is 750. The predicted octanol–water partition coefficient (Wildman–Crippen LogP) is 2.54. The van der Waals surface area contributed by atoms with E-state index < -0.39 is 6.04 Å². The van der Waals surface area contributed by atoms with Crippen molar-refractivity contribution in [1.82, 2.24) is 15.1 Å². The summed E-state index contributed by atoms with van der Waals surface area (Å²) in [5, 5.41) is 13.2. The van der Waals surface area contributed by atoms with Crippen molar-refractivity contribution in [3.8, 4) is 0 Å². The molecule has 0 saturated carbocycles. The number of rotatable bonds is 6. The number of nitrogens with one attached hydrogen (secondary N) is 3. The van der Waals surface area contributed by atoms with Gasteiger partial charge in [0.25, 0.3) is 0 Å². The molecule has 2 aromatic rings. The predicted molar refractivity (Wildman–Crippen MR) is 112 cm³/mol. The van der Waals surface area contributed by atoms with Crippen LogP contribution in [0.1, 0.15) is 19.4 Å². The van der Waals surface area contributed by atoms with Gasteiger partial charge in [-0.1, -0.05) is 6.07 Å². The second-order valence-electron chi connectivity index (χ2n) is 6.21. The van der Waals surface area contributed by atoms with Crippen molar-refractivity contribution in [2.45, 2.75) is 25.4 Å². The molecule has 3 N–H and O–H groups in total. The van der Waals surface area contributed by atoms with Crippen molar-refractivity contribution >= 4 is 47.4 Å². The molecular weight excluding hydrogens is 386 g/mol. The molecular formula is C18H24ClN5O2S. The molecule has 0 radical (unpaired) electrons. The van der Waals surface area contributed by atoms with E-state index in [-0.39, 0.29) is 30.3 Å². The zero-order valence-electron chi connectivity index (χ0n) is 15.1. The molecule has 2 atom stereocenters. The fourth-order valence-electron chi connectivity index (χ4n) is 2.74. The first kappa shape index (κ1) is 21.3. The SMILES string of the molecule is CC(C(=O)Nc1cccc(NC(=O)CC2CSCCN2)c1)n1cccn1.Cl. The Balaban J connectivity index is 0.00000261. The zero-order valence-corrected chi connectivity index (χ0v) is 16.7. The fraction of sp³-hybridized carbons (Fsp3) is 0.389. The number of benzene rings is 1. The summed E-state index contributed by atoms with van der Waals surface area (Å²) in [6.07, 6.45) is 3.83. The van der Waals surface area contributed by atoms with E-state index in [1.807, 2.05) is 17.8 Å². The molecule has 1 aliphatic rings. The lowest BCUT2D eigenvalue weighted by Crippen LogP contribution is -2.39. The molecule has 0 spiro atoms. The summed E-state index contributed by atoms with van der Waals surface area (Å²) in [7, 11) is 0. The molecule has 1 aromatic heterocycles. The molecule has 1 fully saturated rings. The highest BCUT2D eigenvalue weighted by molar-refractivity contribution is 7.99. The number of thioether (sulfide) groups is 1. The number of anilines is 2. The van der Waals surface area contributed by atoms with E-state index in [0.717, 1.165) is 18.1 Å². The van der Waals surface area contributed by atoms with Gasteiger partial charge in [0.2, 0.25) is 11.8 Å². The average molecular weight is 410 g/mol. The number of hydrogen-bond donors (Lipinski definition) is 3. The molecule has 2 heterocycles. The number of aromatic nitrogens is 2. The van der Waals surface area contributed by atoms with Gasteiger partial charge in [-0.15, -0.1) is 12.4 Å². The third-order valence-electron chi connectivity index (χ3n) is 4.15. The van der Waals surface area contributed by atoms with Crippen molar-refractivity contribution in [2.75, 3.05) is 28.7 Å². The van der Waals surface area contributed by atoms with Gasteiger partial charge in [0.05, 0.1) is 0 Å². The van der Waals surface area contributed by atoms with Crippen LogP contribution in [0.3, 0.4) is 0 Å². The van der Waals surface area contributed by atoms with Crippen molar-refractivity contribution in [2.24, 2.45) is 0 Å². The van der Waals surface area contributed by atoms with Crippen LogP contribution < -0.4 is 16.0 Å². The first-order chi connectivity index (χ1) is 12.6. The summed E-state index contributed by atoms with van der Waals surface area (Å²) in [6.45, 7) is 2.72. The molecule has 2 amide bonds. The first-order valence-electron chi connectivity index (χ1n) is 8.63. The van der Waals surface area contributed by atoms with Crippen LogP contribution in [0.15, 0.2) is 42.7 Å². The summed E-state index contributed by atoms with van der Waals surface area (Å²) in [5.41, 5.74) is 1.31. The highest BCUT2D eigenvalue weighted by atomic mass is 35.5. The van der Waals surface area contributed by atoms with Crippen LogP contribution in [-0.4, -0.2) is 45.7 Å². The van der Waals surface area contributed by atoms with Gasteiger partial charge in [-0.2, -0.15) is 16.9 Å². The number of carbonyl (C=O) groups excluding carboxylic acids is 2. The molecule has 2 unspecified atom stereocenters. The van der Waals surface area contributed by atoms with E-state index in [4.69, 9.17) is 0 Å². The number of hydrogen-bond acceptors (Lipinski definition) is 5. The van der Waals surface area contributed by atoms with Gasteiger partial charge in [-0.3, -0.25) is 14.3 Å². The lowest BCUT2D eigenvalue weighted by atomic mass is 10.2. The van der Waals surface area contributed by atoms with E-state index in [1.165, 1.54) is 0 Å². The molecule has 1 aromatic carbocycles. The maximum Gasteiger partial charge on any atom is 0.248 e. The minimum atomic E-state index is -0.418. The summed E-state index contributed by atoms with van der Waals surface area (Å²) in [5.74, 6) is 1.85. The van der Waals surface area contributed by atoms with E-state index in [0.29, 0.717) is 17.8 Å². The molecule has 1 saturated heterocycles. The molecule has 0 bridgehead atoms. The number of amides is 2. The highest BCUT2D eigenvalue weighted by Gasteiger charge is 2.17. The molecule has 27 heavy (non-hydrogen) atoms. The van der Waals surface area contributed by atoms with Crippen molar-refractivity contribution in [3.63, 3.8) is 0 Å². The van der Waals surface area contributed by atoms with Gasteiger partial charge in [-0.25, -0.2) is 0 Å². The Morgan fingerprint density at radius 2 is 2.11 bits per heavy atom. The van der Waals surface area contributed by atoms with E-state index in [2.05, 4.69) is 21.0 Å². The Hall–Kier alpha value is -2.03. The number of nitrogens with zero attached hydrogens (tertiary/aromatic N) is 2. The van der Waals surface area contributed by atoms with Crippen LogP contribution >= 0.6 is 24.2 Å². The summed E-state index contributed by atoms with van der Waals surface area (Å²) in [4.78, 5) is 24.6. The summed E-state index contributed by atoms with van der Waals surface area (Å²) < 4.78 is 1.59. The second-order valence-corrected chi connectivity index (χ2v) is 7.36. The average Bonchev–Trinajstić information content (AvgIpc) is 3.16. The largest absolute Gasteiger partial charge is 0.326 e. The van der Waals surface area contributed by atoms with Crippen molar-refractivity contribution in [1.29, 1.82) is 0 Å². The third-order valence-corrected chi connectivity index (χ3v) is 5.28. The Kier molecular flexibility index (Phi) is 8.15. The van der Waals surface area contributed by atoms with Crippen LogP contribution in [0.5, 0.6) is 0 Å². The summed E-state index contributed by atoms with van der Waals surface area (Å²) in [6, 6.07) is 8.74. The second kappa shape index (κ2) is 10.3. The third kappa shape index (κ3) is 6.27. The van der Waals surface area contributed by atoms with Crippen molar-refractivity contribution < 1.29 is 9.59 Å². The monoisotopic (exact) mass is 409 g/mol. The Labute approximate surface area is 169 Å². The van der Waals surface area contributed by atoms with Crippen LogP contribution in [0.2, 0.25) is 0 Å². The van der Waals surface area contributed by atoms with E-state index in [1.54, 1.807) is 48.3 Å². The summed E-state index contributed by atoms with van der Waals surface area (Å²) >= 11 is 1.86.